The van der Waals surface area contributed by atoms with Crippen molar-refractivity contribution in [2.45, 2.75) is 5.75 Å². The first-order valence-electron chi connectivity index (χ1n) is 8.35. The minimum absolute atomic E-state index is 0.00760. The van der Waals surface area contributed by atoms with E-state index in [-0.39, 0.29) is 22.5 Å². The number of carbonyl (C=O) groups is 2. The zero-order valence-corrected chi connectivity index (χ0v) is 15.3. The minimum atomic E-state index is -0.714. The third kappa shape index (κ3) is 3.63. The molecule has 3 aromatic rings. The van der Waals surface area contributed by atoms with Crippen LogP contribution in [0.15, 0.2) is 80.3 Å². The molecule has 0 spiro atoms. The highest BCUT2D eigenvalue weighted by atomic mass is 32.2. The maximum Gasteiger partial charge on any atom is 0.313 e. The topological polar surface area (TPSA) is 110 Å². The molecule has 0 bridgehead atoms. The number of furan rings is 1. The molecule has 0 aliphatic carbocycles. The molecule has 1 aliphatic rings. The second kappa shape index (κ2) is 7.61. The van der Waals surface area contributed by atoms with E-state index in [2.05, 4.69) is 15.0 Å². The van der Waals surface area contributed by atoms with Crippen LogP contribution in [0.25, 0.3) is 10.8 Å². The number of thioether (sulfide) groups is 1. The van der Waals surface area contributed by atoms with E-state index in [4.69, 9.17) is 10.2 Å². The van der Waals surface area contributed by atoms with Gasteiger partial charge in [0.1, 0.15) is 0 Å². The van der Waals surface area contributed by atoms with Crippen molar-refractivity contribution in [1.82, 2.24) is 0 Å². The summed E-state index contributed by atoms with van der Waals surface area (Å²) >= 11 is 1.29. The number of nitrogens with zero attached hydrogens (tertiary/aromatic N) is 3. The van der Waals surface area contributed by atoms with Crippen molar-refractivity contribution in [3.8, 4) is 0 Å². The molecular weight excluding hydrogens is 376 g/mol. The normalized spacial score (nSPS) is 15.6. The standard InChI is InChI=1S/C20H14N4O3S/c21-17-16(22-18(25)15-9-4-10-27-15)19(26)24-20(23-17)28-11-13-7-3-6-12-5-1-2-8-14(12)13/h1-10H,11H2,(H2,21,23,24,26). The van der Waals surface area contributed by atoms with E-state index < -0.39 is 11.8 Å². The third-order valence-electron chi connectivity index (χ3n) is 4.04. The molecule has 0 saturated carbocycles. The Morgan fingerprint density at radius 3 is 2.68 bits per heavy atom. The zero-order chi connectivity index (χ0) is 19.5. The van der Waals surface area contributed by atoms with Crippen LogP contribution in [-0.4, -0.2) is 28.5 Å². The number of hydrogen-bond acceptors (Lipinski definition) is 6. The van der Waals surface area contributed by atoms with Crippen LogP contribution >= 0.6 is 11.8 Å². The molecule has 7 nitrogen and oxygen atoms in total. The quantitative estimate of drug-likeness (QED) is 0.738. The lowest BCUT2D eigenvalue weighted by molar-refractivity contribution is -0.111. The van der Waals surface area contributed by atoms with Gasteiger partial charge in [-0.1, -0.05) is 54.2 Å². The Kier molecular flexibility index (Phi) is 4.86. The van der Waals surface area contributed by atoms with E-state index in [0.717, 1.165) is 16.3 Å². The summed E-state index contributed by atoms with van der Waals surface area (Å²) in [6.45, 7) is 0. The molecule has 0 unspecified atom stereocenters. The Bertz CT molecular complexity index is 1160. The molecule has 28 heavy (non-hydrogen) atoms. The maximum atomic E-state index is 12.3. The Labute approximate surface area is 164 Å². The number of carbonyl (C=O) groups excluding carboxylic acids is 2. The number of amidine groups is 2. The van der Waals surface area contributed by atoms with Gasteiger partial charge in [-0.05, 0) is 28.5 Å². The fraction of sp³-hybridized carbons (Fsp3) is 0.0500. The van der Waals surface area contributed by atoms with Crippen LogP contribution < -0.4 is 5.73 Å². The highest BCUT2D eigenvalue weighted by Gasteiger charge is 2.24. The van der Waals surface area contributed by atoms with Gasteiger partial charge in [-0.2, -0.15) is 9.98 Å². The van der Waals surface area contributed by atoms with Crippen molar-refractivity contribution in [1.29, 1.82) is 0 Å². The molecule has 0 atom stereocenters. The van der Waals surface area contributed by atoms with Crippen LogP contribution in [0, 0.1) is 0 Å². The molecule has 2 aromatic carbocycles. The Hall–Kier alpha value is -3.52. The molecular formula is C20H14N4O3S. The van der Waals surface area contributed by atoms with Gasteiger partial charge in [0.25, 0.3) is 0 Å². The predicted molar refractivity (Wildman–Crippen MR) is 110 cm³/mol. The molecule has 0 radical (unpaired) electrons. The molecule has 0 saturated heterocycles. The van der Waals surface area contributed by atoms with E-state index in [1.807, 2.05) is 42.5 Å². The van der Waals surface area contributed by atoms with Crippen LogP contribution in [0.2, 0.25) is 0 Å². The third-order valence-corrected chi connectivity index (χ3v) is 4.94. The van der Waals surface area contributed by atoms with Crippen LogP contribution in [0.3, 0.4) is 0 Å². The Morgan fingerprint density at radius 1 is 1.07 bits per heavy atom. The fourth-order valence-electron chi connectivity index (χ4n) is 2.72. The zero-order valence-electron chi connectivity index (χ0n) is 14.5. The van der Waals surface area contributed by atoms with Crippen LogP contribution in [0.5, 0.6) is 0 Å². The van der Waals surface area contributed by atoms with Crippen molar-refractivity contribution >= 4 is 51.1 Å². The highest BCUT2D eigenvalue weighted by Crippen LogP contribution is 2.24. The lowest BCUT2D eigenvalue weighted by Gasteiger charge is -2.10. The summed E-state index contributed by atoms with van der Waals surface area (Å²) in [6, 6.07) is 17.1. The number of benzene rings is 2. The number of rotatable bonds is 3. The van der Waals surface area contributed by atoms with Crippen LogP contribution in [0.4, 0.5) is 0 Å². The minimum Gasteiger partial charge on any atom is -0.459 e. The summed E-state index contributed by atoms with van der Waals surface area (Å²) in [5.41, 5.74) is 6.66. The number of fused-ring (bicyclic) bond motifs is 1. The van der Waals surface area contributed by atoms with Gasteiger partial charge in [0, 0.05) is 5.75 Å². The molecule has 2 N–H and O–H groups in total. The van der Waals surface area contributed by atoms with E-state index >= 15 is 0 Å². The SMILES string of the molecule is NC1=NC(SCc2cccc3ccccc23)=NC(=O)C1=NC(=O)c1ccco1. The van der Waals surface area contributed by atoms with Crippen LogP contribution in [-0.2, 0) is 10.5 Å². The molecule has 1 aliphatic heterocycles. The summed E-state index contributed by atoms with van der Waals surface area (Å²) in [5.74, 6) is -0.975. The van der Waals surface area contributed by atoms with E-state index in [9.17, 15) is 9.59 Å². The molecule has 2 amide bonds. The van der Waals surface area contributed by atoms with Gasteiger partial charge in [-0.3, -0.25) is 9.59 Å². The first kappa shape index (κ1) is 17.9. The second-order valence-electron chi connectivity index (χ2n) is 5.87. The molecule has 4 rings (SSSR count). The maximum absolute atomic E-state index is 12.3. The molecule has 1 aromatic heterocycles. The largest absolute Gasteiger partial charge is 0.459 e. The van der Waals surface area contributed by atoms with Gasteiger partial charge in [-0.25, -0.2) is 4.99 Å². The molecule has 8 heteroatoms. The van der Waals surface area contributed by atoms with Gasteiger partial charge in [0.2, 0.25) is 0 Å². The lowest BCUT2D eigenvalue weighted by atomic mass is 10.1. The Balaban J connectivity index is 1.51. The van der Waals surface area contributed by atoms with E-state index in [0.29, 0.717) is 5.75 Å². The van der Waals surface area contributed by atoms with Crippen molar-refractivity contribution < 1.29 is 14.0 Å². The van der Waals surface area contributed by atoms with Crippen molar-refractivity contribution in [2.75, 3.05) is 0 Å². The molecule has 138 valence electrons. The van der Waals surface area contributed by atoms with Crippen molar-refractivity contribution in [3.63, 3.8) is 0 Å². The van der Waals surface area contributed by atoms with Gasteiger partial charge in [-0.15, -0.1) is 0 Å². The average molecular weight is 390 g/mol. The van der Waals surface area contributed by atoms with Gasteiger partial charge < -0.3 is 10.2 Å². The van der Waals surface area contributed by atoms with E-state index in [1.165, 1.54) is 24.1 Å². The van der Waals surface area contributed by atoms with Gasteiger partial charge in [0.15, 0.2) is 22.5 Å². The number of nitrogens with two attached hydrogens (primary N) is 1. The van der Waals surface area contributed by atoms with Gasteiger partial charge in [0.05, 0.1) is 6.26 Å². The summed E-state index contributed by atoms with van der Waals surface area (Å²) in [6.07, 6.45) is 1.34. The summed E-state index contributed by atoms with van der Waals surface area (Å²) in [5, 5.41) is 2.50. The average Bonchev–Trinajstić information content (AvgIpc) is 3.24. The Morgan fingerprint density at radius 2 is 1.89 bits per heavy atom. The highest BCUT2D eigenvalue weighted by molar-refractivity contribution is 8.13. The van der Waals surface area contributed by atoms with E-state index in [1.54, 1.807) is 6.07 Å². The fourth-order valence-corrected chi connectivity index (χ4v) is 3.56. The molecule has 0 fully saturated rings. The number of aliphatic imine (C=N–C) groups is 3. The summed E-state index contributed by atoms with van der Waals surface area (Å²) < 4.78 is 4.96. The van der Waals surface area contributed by atoms with Crippen LogP contribution in [0.1, 0.15) is 16.1 Å². The summed E-state index contributed by atoms with van der Waals surface area (Å²) in [4.78, 5) is 36.0. The van der Waals surface area contributed by atoms with Crippen molar-refractivity contribution in [3.05, 3.63) is 72.2 Å². The first-order valence-corrected chi connectivity index (χ1v) is 9.34. The second-order valence-corrected chi connectivity index (χ2v) is 6.81. The summed E-state index contributed by atoms with van der Waals surface area (Å²) in [7, 11) is 0. The molecule has 2 heterocycles. The smallest absolute Gasteiger partial charge is 0.313 e. The monoisotopic (exact) mass is 390 g/mol. The van der Waals surface area contributed by atoms with Crippen molar-refractivity contribution in [2.24, 2.45) is 20.7 Å². The lowest BCUT2D eigenvalue weighted by Crippen LogP contribution is -2.35. The first-order chi connectivity index (χ1) is 13.6. The predicted octanol–water partition coefficient (Wildman–Crippen LogP) is 3.20. The number of hydrogen-bond donors (Lipinski definition) is 1. The number of amides is 2. The van der Waals surface area contributed by atoms with Gasteiger partial charge >= 0.3 is 11.8 Å².